The van der Waals surface area contributed by atoms with Gasteiger partial charge in [-0.2, -0.15) is 0 Å². The minimum absolute atomic E-state index is 0.284. The highest BCUT2D eigenvalue weighted by Crippen LogP contribution is 2.24. The monoisotopic (exact) mass is 327 g/mol. The Morgan fingerprint density at radius 2 is 2.10 bits per heavy atom. The number of methoxy groups -OCH3 is 1. The normalized spacial score (nSPS) is 11.3. The summed E-state index contributed by atoms with van der Waals surface area (Å²) in [5.74, 6) is 0.432. The summed E-state index contributed by atoms with van der Waals surface area (Å²) in [6.45, 7) is 3.51. The van der Waals surface area contributed by atoms with Crippen LogP contribution < -0.4 is 14.8 Å². The number of thiophene rings is 1. The zero-order valence-corrected chi connectivity index (χ0v) is 13.4. The maximum atomic E-state index is 12.3. The first-order valence-electron chi connectivity index (χ1n) is 6.37. The number of anilines is 1. The number of pyridine rings is 1. The van der Waals surface area contributed by atoms with Gasteiger partial charge in [0.15, 0.2) is 0 Å². The molecule has 0 aromatic carbocycles. The molecule has 0 atom stereocenters. The molecule has 0 bridgehead atoms. The fraction of sp³-hybridized carbons (Fsp3) is 0.308. The molecule has 0 aliphatic rings. The van der Waals surface area contributed by atoms with Crippen LogP contribution in [0.2, 0.25) is 0 Å². The molecule has 21 heavy (non-hydrogen) atoms. The van der Waals surface area contributed by atoms with Crippen LogP contribution in [-0.4, -0.2) is 27.1 Å². The predicted octanol–water partition coefficient (Wildman–Crippen LogP) is 2.06. The van der Waals surface area contributed by atoms with Crippen LogP contribution in [0.1, 0.15) is 11.8 Å². The van der Waals surface area contributed by atoms with Crippen LogP contribution in [0.4, 0.5) is 5.69 Å². The lowest BCUT2D eigenvalue weighted by Gasteiger charge is -2.06. The number of aromatic nitrogens is 1. The summed E-state index contributed by atoms with van der Waals surface area (Å²) < 4.78 is 32.2. The summed E-state index contributed by atoms with van der Waals surface area (Å²) >= 11 is 1.25. The summed E-state index contributed by atoms with van der Waals surface area (Å²) in [4.78, 5) is 4.94. The Labute approximate surface area is 128 Å². The summed E-state index contributed by atoms with van der Waals surface area (Å²) in [6, 6.07) is 6.63. The van der Waals surface area contributed by atoms with Crippen LogP contribution in [0.5, 0.6) is 5.88 Å². The third-order valence-corrected chi connectivity index (χ3v) is 5.61. The number of nitrogens with one attached hydrogen (secondary N) is 2. The second-order valence-corrected chi connectivity index (χ2v) is 7.27. The summed E-state index contributed by atoms with van der Waals surface area (Å²) in [7, 11) is -2.07. The molecule has 0 aliphatic heterocycles. The van der Waals surface area contributed by atoms with E-state index in [0.717, 1.165) is 11.4 Å². The minimum Gasteiger partial charge on any atom is -0.481 e. The highest BCUT2D eigenvalue weighted by molar-refractivity contribution is 7.94. The molecule has 0 aliphatic carbocycles. The van der Waals surface area contributed by atoms with E-state index in [1.807, 2.05) is 13.0 Å². The van der Waals surface area contributed by atoms with E-state index in [0.29, 0.717) is 18.1 Å². The topological polar surface area (TPSA) is 80.3 Å². The van der Waals surface area contributed by atoms with E-state index >= 15 is 0 Å². The molecular weight excluding hydrogens is 310 g/mol. The number of ether oxygens (including phenoxy) is 1. The van der Waals surface area contributed by atoms with E-state index < -0.39 is 10.0 Å². The zero-order valence-electron chi connectivity index (χ0n) is 11.8. The van der Waals surface area contributed by atoms with Gasteiger partial charge in [-0.3, -0.25) is 4.72 Å². The van der Waals surface area contributed by atoms with Crippen LogP contribution in [0.25, 0.3) is 0 Å². The standard InChI is InChI=1S/C13H17N3O3S2/c1-3-14-9-11-5-7-13(20-11)21(17,18)16-10-4-6-12(19-2)15-8-10/h4-8,14,16H,3,9H2,1-2H3. The van der Waals surface area contributed by atoms with Gasteiger partial charge in [0.2, 0.25) is 5.88 Å². The highest BCUT2D eigenvalue weighted by atomic mass is 32.2. The maximum absolute atomic E-state index is 12.3. The molecule has 0 radical (unpaired) electrons. The smallest absolute Gasteiger partial charge is 0.271 e. The molecule has 6 nitrogen and oxygen atoms in total. The van der Waals surface area contributed by atoms with E-state index in [4.69, 9.17) is 4.74 Å². The van der Waals surface area contributed by atoms with E-state index in [1.54, 1.807) is 18.2 Å². The lowest BCUT2D eigenvalue weighted by atomic mass is 10.4. The van der Waals surface area contributed by atoms with Crippen molar-refractivity contribution >= 4 is 27.0 Å². The van der Waals surface area contributed by atoms with Gasteiger partial charge in [-0.15, -0.1) is 11.3 Å². The van der Waals surface area contributed by atoms with Gasteiger partial charge in [0, 0.05) is 17.5 Å². The Kier molecular flexibility index (Phi) is 5.16. The van der Waals surface area contributed by atoms with Crippen LogP contribution in [0, 0.1) is 0 Å². The van der Waals surface area contributed by atoms with E-state index in [1.165, 1.54) is 24.6 Å². The molecule has 2 aromatic rings. The van der Waals surface area contributed by atoms with Crippen molar-refractivity contribution in [3.63, 3.8) is 0 Å². The van der Waals surface area contributed by atoms with Crippen LogP contribution >= 0.6 is 11.3 Å². The van der Waals surface area contributed by atoms with Crippen LogP contribution in [0.15, 0.2) is 34.7 Å². The van der Waals surface area contributed by atoms with Gasteiger partial charge in [0.1, 0.15) is 4.21 Å². The van der Waals surface area contributed by atoms with Gasteiger partial charge in [-0.05, 0) is 24.7 Å². The lowest BCUT2D eigenvalue weighted by molar-refractivity contribution is 0.398. The van der Waals surface area contributed by atoms with Crippen LogP contribution in [-0.2, 0) is 16.6 Å². The van der Waals surface area contributed by atoms with Gasteiger partial charge < -0.3 is 10.1 Å². The second-order valence-electron chi connectivity index (χ2n) is 4.20. The summed E-state index contributed by atoms with van der Waals surface area (Å²) in [5, 5.41) is 3.16. The van der Waals surface area contributed by atoms with Crippen molar-refractivity contribution in [2.45, 2.75) is 17.7 Å². The van der Waals surface area contributed by atoms with E-state index in [9.17, 15) is 8.42 Å². The molecule has 0 fully saturated rings. The quantitative estimate of drug-likeness (QED) is 0.814. The Morgan fingerprint density at radius 1 is 1.29 bits per heavy atom. The molecule has 0 saturated heterocycles. The number of rotatable bonds is 7. The van der Waals surface area contributed by atoms with Crippen molar-refractivity contribution in [3.05, 3.63) is 35.3 Å². The van der Waals surface area contributed by atoms with Crippen molar-refractivity contribution in [1.29, 1.82) is 0 Å². The molecule has 2 heterocycles. The molecule has 2 N–H and O–H groups in total. The fourth-order valence-electron chi connectivity index (χ4n) is 1.61. The molecular formula is C13H17N3O3S2. The van der Waals surface area contributed by atoms with Crippen molar-refractivity contribution in [1.82, 2.24) is 10.3 Å². The molecule has 114 valence electrons. The maximum Gasteiger partial charge on any atom is 0.271 e. The number of hydrogen-bond donors (Lipinski definition) is 2. The highest BCUT2D eigenvalue weighted by Gasteiger charge is 2.17. The Balaban J connectivity index is 2.11. The van der Waals surface area contributed by atoms with Crippen molar-refractivity contribution in [3.8, 4) is 5.88 Å². The number of nitrogens with zero attached hydrogens (tertiary/aromatic N) is 1. The Morgan fingerprint density at radius 3 is 2.71 bits per heavy atom. The van der Waals surface area contributed by atoms with Crippen molar-refractivity contribution in [2.24, 2.45) is 0 Å². The van der Waals surface area contributed by atoms with Gasteiger partial charge in [-0.25, -0.2) is 13.4 Å². The van der Waals surface area contributed by atoms with E-state index in [-0.39, 0.29) is 4.21 Å². The van der Waals surface area contributed by atoms with E-state index in [2.05, 4.69) is 15.0 Å². The first-order chi connectivity index (χ1) is 10.0. The second kappa shape index (κ2) is 6.88. The first-order valence-corrected chi connectivity index (χ1v) is 8.67. The zero-order chi connectivity index (χ0) is 15.3. The SMILES string of the molecule is CCNCc1ccc(S(=O)(=O)Nc2ccc(OC)nc2)s1. The third-order valence-electron chi connectivity index (χ3n) is 2.65. The first kappa shape index (κ1) is 15.7. The molecule has 2 aromatic heterocycles. The summed E-state index contributed by atoms with van der Waals surface area (Å²) in [6.07, 6.45) is 1.42. The lowest BCUT2D eigenvalue weighted by Crippen LogP contribution is -2.12. The van der Waals surface area contributed by atoms with Gasteiger partial charge in [0.25, 0.3) is 10.0 Å². The van der Waals surface area contributed by atoms with Crippen LogP contribution in [0.3, 0.4) is 0 Å². The molecule has 0 saturated carbocycles. The molecule has 0 spiro atoms. The van der Waals surface area contributed by atoms with Gasteiger partial charge in [0.05, 0.1) is 19.0 Å². The Bertz CT molecular complexity index is 681. The fourth-order valence-corrected chi connectivity index (χ4v) is 3.98. The van der Waals surface area contributed by atoms with Gasteiger partial charge >= 0.3 is 0 Å². The molecule has 0 unspecified atom stereocenters. The third kappa shape index (κ3) is 4.16. The average molecular weight is 327 g/mol. The number of hydrogen-bond acceptors (Lipinski definition) is 6. The predicted molar refractivity (Wildman–Crippen MR) is 83.3 cm³/mol. The molecule has 8 heteroatoms. The van der Waals surface area contributed by atoms with Crippen molar-refractivity contribution < 1.29 is 13.2 Å². The van der Waals surface area contributed by atoms with Crippen molar-refractivity contribution in [2.75, 3.05) is 18.4 Å². The average Bonchev–Trinajstić information content (AvgIpc) is 2.95. The van der Waals surface area contributed by atoms with Gasteiger partial charge in [-0.1, -0.05) is 6.92 Å². The molecule has 2 rings (SSSR count). The number of sulfonamides is 1. The Hall–Kier alpha value is -1.64. The summed E-state index contributed by atoms with van der Waals surface area (Å²) in [5.41, 5.74) is 0.400. The largest absolute Gasteiger partial charge is 0.481 e. The molecule has 0 amide bonds. The minimum atomic E-state index is -3.58.